The minimum absolute atomic E-state index is 0.205. The molecule has 2 N–H and O–H groups in total. The smallest absolute Gasteiger partial charge is 0.0499 e. The summed E-state index contributed by atoms with van der Waals surface area (Å²) in [6.07, 6.45) is 10.3. The largest absolute Gasteiger partial charge is 0.396 e. The first kappa shape index (κ1) is 15.0. The second kappa shape index (κ2) is 8.10. The first-order valence-electron chi connectivity index (χ1n) is 7.50. The van der Waals surface area contributed by atoms with E-state index in [1.807, 2.05) is 0 Å². The molecule has 2 nitrogen and oxygen atoms in total. The Morgan fingerprint density at radius 2 is 1.82 bits per heavy atom. The lowest BCUT2D eigenvalue weighted by atomic mass is 9.74. The number of rotatable bonds is 8. The Labute approximate surface area is 107 Å². The molecular weight excluding hydrogens is 210 g/mol. The number of hydrogen-bond donors (Lipinski definition) is 2. The van der Waals surface area contributed by atoms with Gasteiger partial charge in [0.2, 0.25) is 0 Å². The number of hydrogen-bond acceptors (Lipinski definition) is 2. The average molecular weight is 241 g/mol. The molecule has 1 saturated carbocycles. The third kappa shape index (κ3) is 5.87. The summed E-state index contributed by atoms with van der Waals surface area (Å²) in [7, 11) is 0. The lowest BCUT2D eigenvalue weighted by Crippen LogP contribution is -2.39. The highest BCUT2D eigenvalue weighted by Crippen LogP contribution is 2.35. The van der Waals surface area contributed by atoms with Crippen molar-refractivity contribution in [3.63, 3.8) is 0 Å². The van der Waals surface area contributed by atoms with E-state index in [-0.39, 0.29) is 5.41 Å². The predicted octanol–water partition coefficient (Wildman–Crippen LogP) is 3.35. The highest BCUT2D eigenvalue weighted by atomic mass is 16.3. The fourth-order valence-electron chi connectivity index (χ4n) is 2.85. The molecule has 1 rings (SSSR count). The van der Waals surface area contributed by atoms with Gasteiger partial charge < -0.3 is 10.4 Å². The molecule has 0 heterocycles. The Balaban J connectivity index is 2.07. The van der Waals surface area contributed by atoms with Crippen LogP contribution in [0.1, 0.15) is 65.2 Å². The molecule has 0 atom stereocenters. The average Bonchev–Trinajstić information content (AvgIpc) is 2.34. The fraction of sp³-hybridized carbons (Fsp3) is 1.00. The number of nitrogens with one attached hydrogen (secondary N) is 1. The second-order valence-electron chi connectivity index (χ2n) is 6.29. The zero-order valence-electron chi connectivity index (χ0n) is 11.8. The van der Waals surface area contributed by atoms with Crippen LogP contribution in [-0.4, -0.2) is 24.8 Å². The Morgan fingerprint density at radius 1 is 1.12 bits per heavy atom. The van der Waals surface area contributed by atoms with E-state index in [0.29, 0.717) is 6.61 Å². The normalized spacial score (nSPS) is 19.8. The molecule has 2 heteroatoms. The molecule has 0 saturated heterocycles. The second-order valence-corrected chi connectivity index (χ2v) is 6.29. The summed E-state index contributed by atoms with van der Waals surface area (Å²) in [5.41, 5.74) is 0.205. The van der Waals surface area contributed by atoms with Gasteiger partial charge in [-0.15, -0.1) is 0 Å². The topological polar surface area (TPSA) is 32.3 Å². The van der Waals surface area contributed by atoms with Crippen LogP contribution in [0.3, 0.4) is 0 Å². The molecule has 0 spiro atoms. The summed E-state index contributed by atoms with van der Waals surface area (Å²) in [6, 6.07) is 0. The highest BCUT2D eigenvalue weighted by molar-refractivity contribution is 4.84. The van der Waals surface area contributed by atoms with E-state index in [0.717, 1.165) is 19.0 Å². The van der Waals surface area contributed by atoms with Gasteiger partial charge in [-0.1, -0.05) is 46.0 Å². The first-order chi connectivity index (χ1) is 8.18. The molecule has 0 aromatic heterocycles. The van der Waals surface area contributed by atoms with E-state index < -0.39 is 0 Å². The van der Waals surface area contributed by atoms with Crippen molar-refractivity contribution in [2.45, 2.75) is 65.2 Å². The third-order valence-electron chi connectivity index (χ3n) is 4.13. The molecule has 1 fully saturated rings. The van der Waals surface area contributed by atoms with Crippen LogP contribution in [0.5, 0.6) is 0 Å². The molecule has 1 aliphatic carbocycles. The minimum Gasteiger partial charge on any atom is -0.396 e. The van der Waals surface area contributed by atoms with Crippen molar-refractivity contribution >= 4 is 0 Å². The van der Waals surface area contributed by atoms with Crippen molar-refractivity contribution in [3.05, 3.63) is 0 Å². The molecule has 0 unspecified atom stereocenters. The van der Waals surface area contributed by atoms with Crippen LogP contribution in [0.25, 0.3) is 0 Å². The summed E-state index contributed by atoms with van der Waals surface area (Å²) in [5, 5.41) is 13.1. The number of aliphatic hydroxyl groups excluding tert-OH is 1. The van der Waals surface area contributed by atoms with E-state index in [9.17, 15) is 5.11 Å². The number of unbranched alkanes of at least 4 members (excludes halogenated alkanes) is 1. The van der Waals surface area contributed by atoms with E-state index >= 15 is 0 Å². The van der Waals surface area contributed by atoms with Gasteiger partial charge in [-0.25, -0.2) is 0 Å². The van der Waals surface area contributed by atoms with Crippen molar-refractivity contribution in [3.8, 4) is 0 Å². The molecule has 0 radical (unpaired) electrons. The van der Waals surface area contributed by atoms with Gasteiger partial charge in [0.15, 0.2) is 0 Å². The highest BCUT2D eigenvalue weighted by Gasteiger charge is 2.30. The van der Waals surface area contributed by atoms with Crippen LogP contribution < -0.4 is 5.32 Å². The van der Waals surface area contributed by atoms with E-state index in [1.54, 1.807) is 0 Å². The zero-order chi connectivity index (χ0) is 12.6. The fourth-order valence-corrected chi connectivity index (χ4v) is 2.85. The van der Waals surface area contributed by atoms with Gasteiger partial charge >= 0.3 is 0 Å². The van der Waals surface area contributed by atoms with Crippen LogP contribution >= 0.6 is 0 Å². The van der Waals surface area contributed by atoms with Crippen molar-refractivity contribution in [2.24, 2.45) is 11.3 Å². The van der Waals surface area contributed by atoms with Crippen molar-refractivity contribution in [2.75, 3.05) is 19.7 Å². The molecule has 102 valence electrons. The molecule has 0 aromatic rings. The Bertz CT molecular complexity index is 185. The van der Waals surface area contributed by atoms with E-state index in [2.05, 4.69) is 19.2 Å². The van der Waals surface area contributed by atoms with Gasteiger partial charge in [-0.3, -0.25) is 0 Å². The van der Waals surface area contributed by atoms with E-state index in [1.165, 1.54) is 51.4 Å². The van der Waals surface area contributed by atoms with Gasteiger partial charge in [0.05, 0.1) is 0 Å². The molecular formula is C15H31NO. The summed E-state index contributed by atoms with van der Waals surface area (Å²) >= 11 is 0. The van der Waals surface area contributed by atoms with Crippen LogP contribution in [0.15, 0.2) is 0 Å². The maximum atomic E-state index is 9.58. The van der Waals surface area contributed by atoms with Crippen molar-refractivity contribution in [1.29, 1.82) is 0 Å². The van der Waals surface area contributed by atoms with Gasteiger partial charge in [0.1, 0.15) is 0 Å². The van der Waals surface area contributed by atoms with Crippen LogP contribution in [0.4, 0.5) is 0 Å². The summed E-state index contributed by atoms with van der Waals surface area (Å²) in [6.45, 7) is 7.08. The molecule has 1 aliphatic rings. The van der Waals surface area contributed by atoms with E-state index in [4.69, 9.17) is 0 Å². The van der Waals surface area contributed by atoms with Gasteiger partial charge in [-0.2, -0.15) is 0 Å². The SMILES string of the molecule is CC(C)CCCCNCC1(CO)CCCCC1. The summed E-state index contributed by atoms with van der Waals surface area (Å²) < 4.78 is 0. The minimum atomic E-state index is 0.205. The molecule has 0 aliphatic heterocycles. The maximum Gasteiger partial charge on any atom is 0.0499 e. The molecule has 0 aromatic carbocycles. The lowest BCUT2D eigenvalue weighted by molar-refractivity contribution is 0.0814. The van der Waals surface area contributed by atoms with Crippen LogP contribution in [0, 0.1) is 11.3 Å². The first-order valence-corrected chi connectivity index (χ1v) is 7.50. The number of aliphatic hydroxyl groups is 1. The Hall–Kier alpha value is -0.0800. The van der Waals surface area contributed by atoms with Crippen molar-refractivity contribution < 1.29 is 5.11 Å². The predicted molar refractivity (Wildman–Crippen MR) is 74.2 cm³/mol. The quantitative estimate of drug-likeness (QED) is 0.639. The van der Waals surface area contributed by atoms with Crippen LogP contribution in [-0.2, 0) is 0 Å². The Kier molecular flexibility index (Phi) is 7.14. The third-order valence-corrected chi connectivity index (χ3v) is 4.13. The lowest BCUT2D eigenvalue weighted by Gasteiger charge is -2.35. The zero-order valence-corrected chi connectivity index (χ0v) is 11.8. The van der Waals surface area contributed by atoms with Crippen LogP contribution in [0.2, 0.25) is 0 Å². The van der Waals surface area contributed by atoms with Crippen molar-refractivity contribution in [1.82, 2.24) is 5.32 Å². The van der Waals surface area contributed by atoms with Gasteiger partial charge in [0, 0.05) is 18.6 Å². The molecule has 0 bridgehead atoms. The summed E-state index contributed by atoms with van der Waals surface area (Å²) in [4.78, 5) is 0. The van der Waals surface area contributed by atoms with Gasteiger partial charge in [-0.05, 0) is 31.7 Å². The Morgan fingerprint density at radius 3 is 2.41 bits per heavy atom. The standard InChI is InChI=1S/C15H31NO/c1-14(2)8-4-7-11-16-12-15(13-17)9-5-3-6-10-15/h14,16-17H,3-13H2,1-2H3. The molecule has 17 heavy (non-hydrogen) atoms. The monoisotopic (exact) mass is 241 g/mol. The van der Waals surface area contributed by atoms with Gasteiger partial charge in [0.25, 0.3) is 0 Å². The maximum absolute atomic E-state index is 9.58. The molecule has 0 amide bonds. The summed E-state index contributed by atoms with van der Waals surface area (Å²) in [5.74, 6) is 0.831.